The topological polar surface area (TPSA) is 20.9 Å². The highest BCUT2D eigenvalue weighted by molar-refractivity contribution is 5.86. The molecule has 2 nitrogen and oxygen atoms in total. The summed E-state index contributed by atoms with van der Waals surface area (Å²) in [6, 6.07) is 6.11. The summed E-state index contributed by atoms with van der Waals surface area (Å²) < 4.78 is 2.09. The van der Waals surface area contributed by atoms with Gasteiger partial charge in [0.2, 0.25) is 0 Å². The molecule has 0 aliphatic carbocycles. The predicted molar refractivity (Wildman–Crippen MR) is 84.2 cm³/mol. The van der Waals surface area contributed by atoms with Crippen LogP contribution in [0.3, 0.4) is 0 Å². The molecule has 0 aliphatic rings. The number of allylic oxidation sites excluding steroid dienone is 1. The van der Waals surface area contributed by atoms with Crippen LogP contribution >= 0.6 is 0 Å². The average molecular weight is 274 g/mol. The lowest BCUT2D eigenvalue weighted by molar-refractivity contribution is -0.576. The highest BCUT2D eigenvalue weighted by Gasteiger charge is 2.28. The summed E-state index contributed by atoms with van der Waals surface area (Å²) in [5.41, 5.74) is 2.02. The van der Waals surface area contributed by atoms with E-state index in [-0.39, 0.29) is 16.6 Å². The average Bonchev–Trinajstić information content (AvgIpc) is 2.28. The summed E-state index contributed by atoms with van der Waals surface area (Å²) in [5, 5.41) is 0. The SMILES string of the molecule is Cc1cccc[n+]1C=C(CC(=O)C(C)(C)C)C(C)(C)C. The maximum atomic E-state index is 12.3. The van der Waals surface area contributed by atoms with E-state index in [0.717, 1.165) is 11.3 Å². The van der Waals surface area contributed by atoms with E-state index >= 15 is 0 Å². The van der Waals surface area contributed by atoms with E-state index in [1.54, 1.807) is 0 Å². The molecule has 0 amide bonds. The molecule has 0 saturated carbocycles. The summed E-state index contributed by atoms with van der Waals surface area (Å²) in [5.74, 6) is 0.285. The number of rotatable bonds is 3. The number of carbonyl (C=O) groups is 1. The maximum absolute atomic E-state index is 12.3. The van der Waals surface area contributed by atoms with Crippen LogP contribution in [0, 0.1) is 17.8 Å². The number of aryl methyl sites for hydroxylation is 1. The Bertz CT molecular complexity index is 513. The first kappa shape index (κ1) is 16.6. The Kier molecular flexibility index (Phi) is 4.90. The molecule has 0 N–H and O–H groups in total. The molecule has 1 aromatic heterocycles. The van der Waals surface area contributed by atoms with Crippen molar-refractivity contribution >= 4 is 12.0 Å². The Balaban J connectivity index is 3.16. The lowest BCUT2D eigenvalue weighted by atomic mass is 9.79. The third kappa shape index (κ3) is 4.59. The van der Waals surface area contributed by atoms with Gasteiger partial charge in [0.1, 0.15) is 5.78 Å². The Morgan fingerprint density at radius 1 is 1.10 bits per heavy atom. The van der Waals surface area contributed by atoms with Gasteiger partial charge in [0.05, 0.1) is 0 Å². The summed E-state index contributed by atoms with van der Waals surface area (Å²) >= 11 is 0. The zero-order chi connectivity index (χ0) is 15.6. The third-order valence-electron chi connectivity index (χ3n) is 3.55. The van der Waals surface area contributed by atoms with E-state index in [4.69, 9.17) is 0 Å². The van der Waals surface area contributed by atoms with E-state index in [1.165, 1.54) is 0 Å². The first-order valence-electron chi connectivity index (χ1n) is 7.23. The molecule has 0 saturated heterocycles. The zero-order valence-corrected chi connectivity index (χ0v) is 13.9. The monoisotopic (exact) mass is 274 g/mol. The van der Waals surface area contributed by atoms with Gasteiger partial charge in [-0.05, 0) is 5.41 Å². The molecule has 20 heavy (non-hydrogen) atoms. The van der Waals surface area contributed by atoms with Crippen molar-refractivity contribution in [2.75, 3.05) is 0 Å². The van der Waals surface area contributed by atoms with Crippen LogP contribution in [-0.4, -0.2) is 5.78 Å². The number of pyridine rings is 1. The van der Waals surface area contributed by atoms with Gasteiger partial charge in [-0.25, -0.2) is 0 Å². The van der Waals surface area contributed by atoms with E-state index < -0.39 is 0 Å². The van der Waals surface area contributed by atoms with Gasteiger partial charge in [0, 0.05) is 36.5 Å². The van der Waals surface area contributed by atoms with Crippen LogP contribution in [0.15, 0.2) is 30.0 Å². The number of nitrogens with zero attached hydrogens (tertiary/aromatic N) is 1. The van der Waals surface area contributed by atoms with Crippen LogP contribution in [-0.2, 0) is 4.79 Å². The predicted octanol–water partition coefficient (Wildman–Crippen LogP) is 4.17. The summed E-state index contributed by atoms with van der Waals surface area (Å²) in [4.78, 5) is 12.3. The van der Waals surface area contributed by atoms with Crippen molar-refractivity contribution in [1.82, 2.24) is 0 Å². The minimum Gasteiger partial charge on any atom is -0.299 e. The van der Waals surface area contributed by atoms with Crippen LogP contribution in [0.5, 0.6) is 0 Å². The van der Waals surface area contributed by atoms with Crippen molar-refractivity contribution in [1.29, 1.82) is 0 Å². The molecule has 1 aromatic rings. The molecule has 0 aliphatic heterocycles. The van der Waals surface area contributed by atoms with Crippen molar-refractivity contribution in [3.63, 3.8) is 0 Å². The molecule has 0 unspecified atom stereocenters. The van der Waals surface area contributed by atoms with Gasteiger partial charge in [0.15, 0.2) is 18.1 Å². The molecular weight excluding hydrogens is 246 g/mol. The number of aromatic nitrogens is 1. The van der Waals surface area contributed by atoms with Crippen molar-refractivity contribution in [3.05, 3.63) is 35.7 Å². The summed E-state index contributed by atoms with van der Waals surface area (Å²) in [6.07, 6.45) is 4.65. The Hall–Kier alpha value is -1.44. The number of carbonyl (C=O) groups excluding carboxylic acids is 1. The van der Waals surface area contributed by atoms with Crippen LogP contribution < -0.4 is 4.57 Å². The summed E-state index contributed by atoms with van der Waals surface area (Å²) in [6.45, 7) is 14.5. The second-order valence-corrected chi connectivity index (χ2v) is 7.50. The standard InChI is InChI=1S/C18H28NO/c1-14-10-8-9-11-19(14)13-15(17(2,3)4)12-16(20)18(5,6)7/h8-11,13H,12H2,1-7H3/q+1. The van der Waals surface area contributed by atoms with Crippen molar-refractivity contribution in [3.8, 4) is 0 Å². The van der Waals surface area contributed by atoms with Gasteiger partial charge in [-0.3, -0.25) is 4.79 Å². The first-order chi connectivity index (χ1) is 9.01. The largest absolute Gasteiger partial charge is 0.299 e. The van der Waals surface area contributed by atoms with Crippen LogP contribution in [0.2, 0.25) is 0 Å². The van der Waals surface area contributed by atoms with Gasteiger partial charge >= 0.3 is 0 Å². The molecule has 0 bridgehead atoms. The van der Waals surface area contributed by atoms with E-state index in [2.05, 4.69) is 44.5 Å². The fraction of sp³-hybridized carbons (Fsp3) is 0.556. The van der Waals surface area contributed by atoms with Gasteiger partial charge < -0.3 is 0 Å². The van der Waals surface area contributed by atoms with Gasteiger partial charge in [-0.2, -0.15) is 4.57 Å². The Morgan fingerprint density at radius 2 is 1.70 bits per heavy atom. The number of ketones is 1. The first-order valence-corrected chi connectivity index (χ1v) is 7.23. The molecular formula is C18H28NO+. The van der Waals surface area contributed by atoms with Gasteiger partial charge in [-0.1, -0.05) is 47.6 Å². The van der Waals surface area contributed by atoms with Crippen molar-refractivity contribution < 1.29 is 9.36 Å². The molecule has 0 aromatic carbocycles. The van der Waals surface area contributed by atoms with E-state index in [0.29, 0.717) is 6.42 Å². The van der Waals surface area contributed by atoms with Gasteiger partial charge in [-0.15, -0.1) is 0 Å². The van der Waals surface area contributed by atoms with Crippen molar-refractivity contribution in [2.24, 2.45) is 10.8 Å². The Morgan fingerprint density at radius 3 is 2.15 bits per heavy atom. The van der Waals surface area contributed by atoms with Crippen molar-refractivity contribution in [2.45, 2.75) is 54.9 Å². The van der Waals surface area contributed by atoms with Gasteiger partial charge in [0.25, 0.3) is 0 Å². The quantitative estimate of drug-likeness (QED) is 0.758. The highest BCUT2D eigenvalue weighted by Crippen LogP contribution is 2.31. The maximum Gasteiger partial charge on any atom is 0.183 e. The minimum absolute atomic E-state index is 0.0177. The smallest absolute Gasteiger partial charge is 0.183 e. The number of hydrogen-bond acceptors (Lipinski definition) is 1. The fourth-order valence-electron chi connectivity index (χ4n) is 1.80. The molecule has 1 rings (SSSR count). The van der Waals surface area contributed by atoms with Crippen LogP contribution in [0.25, 0.3) is 6.20 Å². The van der Waals surface area contributed by atoms with E-state index in [9.17, 15) is 4.79 Å². The molecule has 110 valence electrons. The van der Waals surface area contributed by atoms with E-state index in [1.807, 2.05) is 39.1 Å². The molecule has 0 radical (unpaired) electrons. The minimum atomic E-state index is -0.291. The Labute approximate surface area is 123 Å². The fourth-order valence-corrected chi connectivity index (χ4v) is 1.80. The summed E-state index contributed by atoms with van der Waals surface area (Å²) in [7, 11) is 0. The molecule has 0 atom stereocenters. The zero-order valence-electron chi connectivity index (χ0n) is 13.9. The van der Waals surface area contributed by atoms with Crippen LogP contribution in [0.1, 0.15) is 53.7 Å². The number of hydrogen-bond donors (Lipinski definition) is 0. The second kappa shape index (κ2) is 5.90. The second-order valence-electron chi connectivity index (χ2n) is 7.50. The molecule has 2 heteroatoms. The normalized spacial score (nSPS) is 13.4. The molecule has 0 fully saturated rings. The molecule has 0 spiro atoms. The third-order valence-corrected chi connectivity index (χ3v) is 3.55. The van der Waals surface area contributed by atoms with Crippen LogP contribution in [0.4, 0.5) is 0 Å². The number of Topliss-reactive ketones (excluding diaryl/α,β-unsaturated/α-hetero) is 1. The highest BCUT2D eigenvalue weighted by atomic mass is 16.1. The molecule has 1 heterocycles. The lowest BCUT2D eigenvalue weighted by Gasteiger charge is -2.24. The lowest BCUT2D eigenvalue weighted by Crippen LogP contribution is -2.32.